The molecule has 6 rings (SSSR count). The Labute approximate surface area is 268 Å². The number of rotatable bonds is 6. The highest BCUT2D eigenvalue weighted by molar-refractivity contribution is 5.96. The van der Waals surface area contributed by atoms with Gasteiger partial charge in [-0.1, -0.05) is 6.07 Å². The molecule has 2 aromatic heterocycles. The lowest BCUT2D eigenvalue weighted by Crippen LogP contribution is -2.36. The number of hydrogen-bond acceptors (Lipinski definition) is 8. The van der Waals surface area contributed by atoms with E-state index in [1.54, 1.807) is 48.3 Å². The Morgan fingerprint density at radius 3 is 1.77 bits per heavy atom. The summed E-state index contributed by atoms with van der Waals surface area (Å²) in [6.45, 7) is 2.00. The minimum atomic E-state index is -0.803. The fourth-order valence-electron chi connectivity index (χ4n) is 5.42. The number of carbonyl (C=O) groups excluding carboxylic acids is 2. The highest BCUT2D eigenvalue weighted by Gasteiger charge is 2.26. The van der Waals surface area contributed by atoms with Gasteiger partial charge in [-0.25, -0.2) is 13.2 Å². The van der Waals surface area contributed by atoms with Crippen molar-refractivity contribution in [2.24, 2.45) is 14.1 Å². The molecule has 0 radical (unpaired) electrons. The Balaban J connectivity index is 0.000000185. The first-order chi connectivity index (χ1) is 22.5. The molecule has 0 unspecified atom stereocenters. The maximum atomic E-state index is 14.3. The monoisotopic (exact) mass is 644 g/mol. The number of halogens is 3. The number of benzene rings is 2. The van der Waals surface area contributed by atoms with Gasteiger partial charge in [0.25, 0.3) is 11.8 Å². The molecule has 2 amide bonds. The number of nitriles is 2. The molecule has 2 aromatic carbocycles. The number of nitrogens with one attached hydrogen (secondary N) is 2. The van der Waals surface area contributed by atoms with Crippen LogP contribution in [0.5, 0.6) is 0 Å². The lowest BCUT2D eigenvalue weighted by atomic mass is 10.0. The zero-order chi connectivity index (χ0) is 33.7. The summed E-state index contributed by atoms with van der Waals surface area (Å²) in [5.74, 6) is -3.21. The van der Waals surface area contributed by atoms with Crippen molar-refractivity contribution in [2.75, 3.05) is 26.2 Å². The first-order valence-electron chi connectivity index (χ1n) is 14.7. The van der Waals surface area contributed by atoms with Crippen molar-refractivity contribution in [3.05, 3.63) is 83.7 Å². The van der Waals surface area contributed by atoms with Gasteiger partial charge >= 0.3 is 0 Å². The van der Waals surface area contributed by atoms with Crippen molar-refractivity contribution in [3.63, 3.8) is 0 Å². The molecule has 2 fully saturated rings. The van der Waals surface area contributed by atoms with Crippen LogP contribution in [0.1, 0.15) is 33.6 Å². The molecular weight excluding hydrogens is 613 g/mol. The van der Waals surface area contributed by atoms with Gasteiger partial charge in [0.05, 0.1) is 23.5 Å². The van der Waals surface area contributed by atoms with Crippen LogP contribution in [-0.2, 0) is 14.1 Å². The van der Waals surface area contributed by atoms with E-state index < -0.39 is 29.3 Å². The van der Waals surface area contributed by atoms with Crippen LogP contribution >= 0.6 is 0 Å². The van der Waals surface area contributed by atoms with E-state index in [1.165, 1.54) is 27.9 Å². The fourth-order valence-corrected chi connectivity index (χ4v) is 5.42. The Morgan fingerprint density at radius 1 is 0.745 bits per heavy atom. The summed E-state index contributed by atoms with van der Waals surface area (Å²) >= 11 is 0. The van der Waals surface area contributed by atoms with Gasteiger partial charge in [-0.05, 0) is 42.7 Å². The van der Waals surface area contributed by atoms with E-state index in [4.69, 9.17) is 10.5 Å². The molecule has 242 valence electrons. The van der Waals surface area contributed by atoms with Gasteiger partial charge in [0.15, 0.2) is 12.4 Å². The van der Waals surface area contributed by atoms with Crippen LogP contribution in [0.25, 0.3) is 22.3 Å². The summed E-state index contributed by atoms with van der Waals surface area (Å²) in [5.41, 5.74) is 1.60. The highest BCUT2D eigenvalue weighted by Crippen LogP contribution is 2.26. The summed E-state index contributed by atoms with van der Waals surface area (Å²) in [7, 11) is 3.46. The Morgan fingerprint density at radius 2 is 1.28 bits per heavy atom. The van der Waals surface area contributed by atoms with Crippen LogP contribution in [-0.4, -0.2) is 79.4 Å². The summed E-state index contributed by atoms with van der Waals surface area (Å²) < 4.78 is 45.9. The normalized spacial score (nSPS) is 17.0. The van der Waals surface area contributed by atoms with Gasteiger partial charge in [0.1, 0.15) is 17.5 Å². The highest BCUT2D eigenvalue weighted by atomic mass is 19.1. The molecule has 0 bridgehead atoms. The number of nitrogens with zero attached hydrogens (tertiary/aromatic N) is 8. The molecule has 12 nitrogen and oxygen atoms in total. The molecule has 2 saturated heterocycles. The third-order valence-electron chi connectivity index (χ3n) is 7.90. The van der Waals surface area contributed by atoms with E-state index in [1.807, 2.05) is 12.4 Å². The topological polar surface area (TPSA) is 148 Å². The lowest BCUT2D eigenvalue weighted by Gasteiger charge is -2.13. The van der Waals surface area contributed by atoms with Crippen LogP contribution in [0.2, 0.25) is 0 Å². The predicted octanol–water partition coefficient (Wildman–Crippen LogP) is 3.16. The van der Waals surface area contributed by atoms with Gasteiger partial charge < -0.3 is 20.4 Å². The maximum Gasteiger partial charge on any atom is 0.254 e. The molecule has 15 heteroatoms. The number of amides is 2. The summed E-state index contributed by atoms with van der Waals surface area (Å²) in [6, 6.07) is 6.02. The zero-order valence-electron chi connectivity index (χ0n) is 25.6. The first-order valence-corrected chi connectivity index (χ1v) is 14.7. The SMILES string of the molecule is Cn1cc(-c2cc(F)c(C(=O)N[C@@H]3CCN(C#N)C3)cc2F)cn1.Cn1cc(-c2ccc(C(=O)N[C@@H]3CCN(C#N)C3)c(F)c2)cn1. The van der Waals surface area contributed by atoms with Gasteiger partial charge in [-0.15, -0.1) is 0 Å². The second kappa shape index (κ2) is 14.1. The number of carbonyl (C=O) groups is 2. The largest absolute Gasteiger partial charge is 0.347 e. The van der Waals surface area contributed by atoms with Crippen LogP contribution in [0.3, 0.4) is 0 Å². The van der Waals surface area contributed by atoms with Crippen LogP contribution in [0.15, 0.2) is 55.1 Å². The van der Waals surface area contributed by atoms with Gasteiger partial charge in [-0.3, -0.25) is 19.0 Å². The molecule has 47 heavy (non-hydrogen) atoms. The average Bonchev–Trinajstić information content (AvgIpc) is 3.87. The van der Waals surface area contributed by atoms with Crippen molar-refractivity contribution in [2.45, 2.75) is 24.9 Å². The van der Waals surface area contributed by atoms with Crippen molar-refractivity contribution in [1.29, 1.82) is 10.5 Å². The van der Waals surface area contributed by atoms with E-state index in [0.29, 0.717) is 50.1 Å². The summed E-state index contributed by atoms with van der Waals surface area (Å²) in [5, 5.41) is 31.0. The molecule has 2 N–H and O–H groups in total. The van der Waals surface area contributed by atoms with Gasteiger partial charge in [0.2, 0.25) is 0 Å². The fraction of sp³-hybridized carbons (Fsp3) is 0.312. The van der Waals surface area contributed by atoms with E-state index in [-0.39, 0.29) is 28.8 Å². The average molecular weight is 645 g/mol. The minimum Gasteiger partial charge on any atom is -0.347 e. The smallest absolute Gasteiger partial charge is 0.254 e. The molecule has 0 spiro atoms. The minimum absolute atomic E-state index is 0.00745. The van der Waals surface area contributed by atoms with E-state index in [2.05, 4.69) is 20.8 Å². The van der Waals surface area contributed by atoms with Crippen LogP contribution in [0, 0.1) is 40.4 Å². The number of aryl methyl sites for hydroxylation is 2. The molecular formula is C32H31F3N10O2. The Kier molecular flexibility index (Phi) is 9.75. The van der Waals surface area contributed by atoms with Crippen LogP contribution < -0.4 is 10.6 Å². The van der Waals surface area contributed by atoms with Crippen molar-refractivity contribution < 1.29 is 22.8 Å². The second-order valence-corrected chi connectivity index (χ2v) is 11.3. The standard InChI is InChI=1S/C16H15F2N5O.C16H16FN5O/c1-22-7-10(6-20-22)12-4-15(18)13(5-14(12)17)16(24)21-11-2-3-23(8-11)9-19;1-21-8-12(7-19-21)11-2-3-14(15(17)6-11)16(23)20-13-4-5-22(9-13)10-18/h4-7,11H,2-3,8H2,1H3,(H,21,24);2-3,6-8,13H,4-5,9H2,1H3,(H,20,23)/t11-;13-/m11/s1. The zero-order valence-corrected chi connectivity index (χ0v) is 25.6. The Hall–Kier alpha value is -5.83. The second-order valence-electron chi connectivity index (χ2n) is 11.3. The van der Waals surface area contributed by atoms with Crippen molar-refractivity contribution in [3.8, 4) is 34.6 Å². The molecule has 0 saturated carbocycles. The van der Waals surface area contributed by atoms with Crippen LogP contribution in [0.4, 0.5) is 13.2 Å². The summed E-state index contributed by atoms with van der Waals surface area (Å²) in [6.07, 6.45) is 11.7. The van der Waals surface area contributed by atoms with E-state index in [9.17, 15) is 22.8 Å². The van der Waals surface area contributed by atoms with Crippen molar-refractivity contribution >= 4 is 11.8 Å². The third kappa shape index (κ3) is 7.70. The molecule has 2 aliphatic rings. The lowest BCUT2D eigenvalue weighted by molar-refractivity contribution is 0.0926. The van der Waals surface area contributed by atoms with Crippen molar-refractivity contribution in [1.82, 2.24) is 40.0 Å². The molecule has 4 aromatic rings. The van der Waals surface area contributed by atoms with Gasteiger partial charge in [-0.2, -0.15) is 20.7 Å². The number of hydrogen-bond donors (Lipinski definition) is 2. The summed E-state index contributed by atoms with van der Waals surface area (Å²) in [4.78, 5) is 27.5. The van der Waals surface area contributed by atoms with Gasteiger partial charge in [0, 0.05) is 81.4 Å². The number of aromatic nitrogens is 4. The quantitative estimate of drug-likeness (QED) is 0.304. The Bertz CT molecular complexity index is 1880. The molecule has 0 aliphatic carbocycles. The predicted molar refractivity (Wildman–Crippen MR) is 163 cm³/mol. The molecule has 4 heterocycles. The van der Waals surface area contributed by atoms with E-state index >= 15 is 0 Å². The maximum absolute atomic E-state index is 14.3. The first kappa shape index (κ1) is 32.6. The molecule has 2 aliphatic heterocycles. The third-order valence-corrected chi connectivity index (χ3v) is 7.90. The molecule has 2 atom stereocenters. The number of likely N-dealkylation sites (tertiary alicyclic amines) is 2. The van der Waals surface area contributed by atoms with E-state index in [0.717, 1.165) is 17.7 Å².